The Labute approximate surface area is 120 Å². The maximum absolute atomic E-state index is 10.4. The van der Waals surface area contributed by atoms with Crippen LogP contribution in [0.5, 0.6) is 11.5 Å². The summed E-state index contributed by atoms with van der Waals surface area (Å²) in [6, 6.07) is 8.92. The minimum atomic E-state index is 0.243. The molecule has 0 saturated carbocycles. The molecule has 0 aliphatic heterocycles. The van der Waals surface area contributed by atoms with Crippen LogP contribution in [0.4, 0.5) is 0 Å². The molecule has 2 aromatic carbocycles. The Bertz CT molecular complexity index is 598. The van der Waals surface area contributed by atoms with Crippen LogP contribution < -0.4 is 0 Å². The summed E-state index contributed by atoms with van der Waals surface area (Å²) in [6.07, 6.45) is 2.79. The predicted octanol–water partition coefficient (Wildman–Crippen LogP) is 4.45. The summed E-state index contributed by atoms with van der Waals surface area (Å²) in [5.41, 5.74) is 5.64. The zero-order valence-electron chi connectivity index (χ0n) is 12.4. The van der Waals surface area contributed by atoms with Gasteiger partial charge < -0.3 is 10.2 Å². The lowest BCUT2D eigenvalue weighted by molar-refractivity contribution is 0.473. The van der Waals surface area contributed by atoms with E-state index in [0.717, 1.165) is 30.4 Å². The molecule has 0 heterocycles. The number of aryl methyl sites for hydroxylation is 1. The molecule has 0 saturated heterocycles. The second-order valence-corrected chi connectivity index (χ2v) is 4.99. The van der Waals surface area contributed by atoms with Crippen LogP contribution in [0.25, 0.3) is 11.1 Å². The van der Waals surface area contributed by atoms with E-state index in [1.54, 1.807) is 12.1 Å². The lowest BCUT2D eigenvalue weighted by atomic mass is 9.87. The Morgan fingerprint density at radius 2 is 1.40 bits per heavy atom. The quantitative estimate of drug-likeness (QED) is 0.861. The van der Waals surface area contributed by atoms with Gasteiger partial charge in [0.1, 0.15) is 11.5 Å². The van der Waals surface area contributed by atoms with E-state index in [-0.39, 0.29) is 5.75 Å². The third-order valence-corrected chi connectivity index (χ3v) is 3.86. The summed E-state index contributed by atoms with van der Waals surface area (Å²) in [5, 5.41) is 19.8. The van der Waals surface area contributed by atoms with Gasteiger partial charge >= 0.3 is 0 Å². The van der Waals surface area contributed by atoms with Crippen molar-refractivity contribution in [3.05, 3.63) is 47.0 Å². The van der Waals surface area contributed by atoms with Crippen molar-refractivity contribution < 1.29 is 10.2 Å². The van der Waals surface area contributed by atoms with Gasteiger partial charge in [-0.2, -0.15) is 0 Å². The second-order valence-electron chi connectivity index (χ2n) is 4.99. The third-order valence-electron chi connectivity index (χ3n) is 3.86. The highest BCUT2D eigenvalue weighted by molar-refractivity contribution is 5.76. The van der Waals surface area contributed by atoms with Crippen molar-refractivity contribution in [2.75, 3.05) is 0 Å². The molecule has 0 aromatic heterocycles. The van der Waals surface area contributed by atoms with E-state index in [1.165, 1.54) is 16.7 Å². The number of hydrogen-bond donors (Lipinski definition) is 2. The third kappa shape index (κ3) is 2.51. The van der Waals surface area contributed by atoms with Crippen LogP contribution in [-0.4, -0.2) is 10.2 Å². The van der Waals surface area contributed by atoms with Crippen molar-refractivity contribution in [1.82, 2.24) is 0 Å². The number of phenolic OH excluding ortho intramolecular Hbond substituents is 2. The number of phenols is 2. The topological polar surface area (TPSA) is 40.5 Å². The zero-order chi connectivity index (χ0) is 14.7. The minimum absolute atomic E-state index is 0.243. The maximum atomic E-state index is 10.4. The molecule has 2 rings (SSSR count). The maximum Gasteiger partial charge on any atom is 0.123 e. The van der Waals surface area contributed by atoms with Gasteiger partial charge in [0.05, 0.1) is 0 Å². The summed E-state index contributed by atoms with van der Waals surface area (Å²) in [6.45, 7) is 6.40. The SMILES string of the molecule is CCc1cc(O)c(-c2ccc(O)cc2)c(CC)c1CC. The van der Waals surface area contributed by atoms with Gasteiger partial charge in [0.2, 0.25) is 0 Å². The Morgan fingerprint density at radius 3 is 1.90 bits per heavy atom. The van der Waals surface area contributed by atoms with E-state index in [4.69, 9.17) is 0 Å². The van der Waals surface area contributed by atoms with Gasteiger partial charge in [0, 0.05) is 5.56 Å². The molecule has 20 heavy (non-hydrogen) atoms. The monoisotopic (exact) mass is 270 g/mol. The molecule has 0 aliphatic carbocycles. The molecule has 0 amide bonds. The van der Waals surface area contributed by atoms with Crippen molar-refractivity contribution in [3.8, 4) is 22.6 Å². The Hall–Kier alpha value is -1.96. The summed E-state index contributed by atoms with van der Waals surface area (Å²) in [4.78, 5) is 0. The second kappa shape index (κ2) is 6.00. The van der Waals surface area contributed by atoms with Gasteiger partial charge in [0.25, 0.3) is 0 Å². The van der Waals surface area contributed by atoms with E-state index in [0.29, 0.717) is 5.75 Å². The minimum Gasteiger partial charge on any atom is -0.508 e. The van der Waals surface area contributed by atoms with Crippen LogP contribution >= 0.6 is 0 Å². The molecular weight excluding hydrogens is 248 g/mol. The molecule has 0 aliphatic rings. The van der Waals surface area contributed by atoms with E-state index in [2.05, 4.69) is 20.8 Å². The van der Waals surface area contributed by atoms with Gasteiger partial charge in [-0.1, -0.05) is 32.9 Å². The van der Waals surface area contributed by atoms with E-state index in [9.17, 15) is 10.2 Å². The van der Waals surface area contributed by atoms with E-state index >= 15 is 0 Å². The van der Waals surface area contributed by atoms with Crippen molar-refractivity contribution in [3.63, 3.8) is 0 Å². The largest absolute Gasteiger partial charge is 0.508 e. The molecule has 0 radical (unpaired) electrons. The van der Waals surface area contributed by atoms with Crippen molar-refractivity contribution in [2.45, 2.75) is 40.0 Å². The number of hydrogen-bond acceptors (Lipinski definition) is 2. The van der Waals surface area contributed by atoms with Gasteiger partial charge in [0.15, 0.2) is 0 Å². The molecule has 2 nitrogen and oxygen atoms in total. The summed E-state index contributed by atoms with van der Waals surface area (Å²) >= 11 is 0. The molecule has 2 N–H and O–H groups in total. The predicted molar refractivity (Wildman–Crippen MR) is 83.3 cm³/mol. The molecule has 0 bridgehead atoms. The normalized spacial score (nSPS) is 10.8. The van der Waals surface area contributed by atoms with Gasteiger partial charge in [-0.25, -0.2) is 0 Å². The standard InChI is InChI=1S/C18H22O2/c1-4-12-11-17(20)18(16(6-3)15(12)5-2)13-7-9-14(19)10-8-13/h7-11,19-20H,4-6H2,1-3H3. The van der Waals surface area contributed by atoms with Crippen LogP contribution in [-0.2, 0) is 19.3 Å². The van der Waals surface area contributed by atoms with Gasteiger partial charge in [-0.05, 0) is 59.7 Å². The zero-order valence-corrected chi connectivity index (χ0v) is 12.4. The first-order chi connectivity index (χ1) is 9.62. The molecule has 0 spiro atoms. The first-order valence-corrected chi connectivity index (χ1v) is 7.28. The fourth-order valence-corrected chi connectivity index (χ4v) is 2.92. The van der Waals surface area contributed by atoms with Crippen molar-refractivity contribution in [2.24, 2.45) is 0 Å². The van der Waals surface area contributed by atoms with Crippen LogP contribution in [0.15, 0.2) is 30.3 Å². The number of rotatable bonds is 4. The van der Waals surface area contributed by atoms with Crippen molar-refractivity contribution in [1.29, 1.82) is 0 Å². The fourth-order valence-electron chi connectivity index (χ4n) is 2.92. The van der Waals surface area contributed by atoms with Crippen LogP contribution in [0.1, 0.15) is 37.5 Å². The molecule has 0 unspecified atom stereocenters. The Kier molecular flexibility index (Phi) is 4.33. The fraction of sp³-hybridized carbons (Fsp3) is 0.333. The highest BCUT2D eigenvalue weighted by Crippen LogP contribution is 2.38. The molecule has 2 aromatic rings. The Morgan fingerprint density at radius 1 is 0.800 bits per heavy atom. The first kappa shape index (κ1) is 14.4. The number of benzene rings is 2. The highest BCUT2D eigenvalue weighted by atomic mass is 16.3. The van der Waals surface area contributed by atoms with Crippen LogP contribution in [0.3, 0.4) is 0 Å². The van der Waals surface area contributed by atoms with Crippen LogP contribution in [0.2, 0.25) is 0 Å². The molecule has 106 valence electrons. The Balaban J connectivity index is 2.71. The first-order valence-electron chi connectivity index (χ1n) is 7.28. The van der Waals surface area contributed by atoms with Crippen LogP contribution in [0, 0.1) is 0 Å². The molecule has 0 fully saturated rings. The lowest BCUT2D eigenvalue weighted by Gasteiger charge is -2.18. The van der Waals surface area contributed by atoms with Gasteiger partial charge in [-0.15, -0.1) is 0 Å². The average Bonchev–Trinajstić information content (AvgIpc) is 2.47. The van der Waals surface area contributed by atoms with E-state index in [1.807, 2.05) is 18.2 Å². The highest BCUT2D eigenvalue weighted by Gasteiger charge is 2.16. The lowest BCUT2D eigenvalue weighted by Crippen LogP contribution is -2.01. The number of aromatic hydroxyl groups is 2. The average molecular weight is 270 g/mol. The molecule has 2 heteroatoms. The van der Waals surface area contributed by atoms with E-state index < -0.39 is 0 Å². The smallest absolute Gasteiger partial charge is 0.123 e. The summed E-state index contributed by atoms with van der Waals surface area (Å²) in [7, 11) is 0. The molecule has 0 atom stereocenters. The van der Waals surface area contributed by atoms with Crippen molar-refractivity contribution >= 4 is 0 Å². The van der Waals surface area contributed by atoms with Gasteiger partial charge in [-0.3, -0.25) is 0 Å². The summed E-state index contributed by atoms with van der Waals surface area (Å²) < 4.78 is 0. The molecular formula is C18H22O2. The summed E-state index contributed by atoms with van der Waals surface area (Å²) in [5.74, 6) is 0.578.